The number of thiophene rings is 1. The summed E-state index contributed by atoms with van der Waals surface area (Å²) in [6.45, 7) is 5.01. The Morgan fingerprint density at radius 2 is 2.14 bits per heavy atom. The Hall–Kier alpha value is -1.65. The molecule has 3 nitrogen and oxygen atoms in total. The molecule has 3 aromatic rings. The van der Waals surface area contributed by atoms with Crippen molar-refractivity contribution in [3.05, 3.63) is 52.3 Å². The van der Waals surface area contributed by atoms with Gasteiger partial charge in [0.05, 0.1) is 11.2 Å². The molecule has 3 rings (SSSR count). The molecule has 0 atom stereocenters. The Bertz CT molecular complexity index is 685. The van der Waals surface area contributed by atoms with Crippen molar-refractivity contribution >= 4 is 22.2 Å². The topological polar surface area (TPSA) is 29.9 Å². The predicted octanol–water partition coefficient (Wildman–Crippen LogP) is 3.84. The van der Waals surface area contributed by atoms with Crippen molar-refractivity contribution in [3.63, 3.8) is 0 Å². The lowest BCUT2D eigenvalue weighted by atomic mass is 10.2. The second-order valence-corrected chi connectivity index (χ2v) is 6.03. The number of aryl methyl sites for hydroxylation is 2. The molecule has 0 bridgehead atoms. The molecular weight excluding hydrogens is 278 g/mol. The largest absolute Gasteiger partial charge is 0.311 e. The molecule has 2 heterocycles. The van der Waals surface area contributed by atoms with E-state index < -0.39 is 0 Å². The molecule has 110 valence electrons. The van der Waals surface area contributed by atoms with Gasteiger partial charge >= 0.3 is 0 Å². The first-order valence-corrected chi connectivity index (χ1v) is 8.49. The smallest absolute Gasteiger partial charge is 0.0841 e. The Labute approximate surface area is 129 Å². The third kappa shape index (κ3) is 3.34. The van der Waals surface area contributed by atoms with E-state index in [1.54, 1.807) is 11.3 Å². The second-order valence-electron chi connectivity index (χ2n) is 5.25. The van der Waals surface area contributed by atoms with Gasteiger partial charge in [-0.05, 0) is 47.8 Å². The minimum atomic E-state index is 0.847. The third-order valence-corrected chi connectivity index (χ3v) is 4.38. The average molecular weight is 299 g/mol. The Balaban J connectivity index is 1.80. The van der Waals surface area contributed by atoms with Gasteiger partial charge in [-0.2, -0.15) is 16.4 Å². The number of aromatic nitrogens is 2. The molecule has 0 amide bonds. The maximum absolute atomic E-state index is 4.82. The minimum Gasteiger partial charge on any atom is -0.311 e. The van der Waals surface area contributed by atoms with E-state index in [4.69, 9.17) is 5.10 Å². The molecule has 2 aromatic heterocycles. The summed E-state index contributed by atoms with van der Waals surface area (Å²) < 4.78 is 2.15. The Morgan fingerprint density at radius 1 is 1.24 bits per heavy atom. The van der Waals surface area contributed by atoms with E-state index in [2.05, 4.69) is 58.0 Å². The molecule has 0 aliphatic rings. The van der Waals surface area contributed by atoms with Crippen LogP contribution in [0.4, 0.5) is 0 Å². The molecular formula is C17H21N3S. The highest BCUT2D eigenvalue weighted by molar-refractivity contribution is 7.07. The third-order valence-electron chi connectivity index (χ3n) is 3.65. The summed E-state index contributed by atoms with van der Waals surface area (Å²) in [6, 6.07) is 10.7. The average Bonchev–Trinajstić information content (AvgIpc) is 3.14. The summed E-state index contributed by atoms with van der Waals surface area (Å²) in [5, 5.41) is 13.9. The van der Waals surface area contributed by atoms with E-state index >= 15 is 0 Å². The SMILES string of the molecule is CCCNCc1nn(CCc2ccsc2)c2ccccc12. The van der Waals surface area contributed by atoms with Gasteiger partial charge in [0.15, 0.2) is 0 Å². The van der Waals surface area contributed by atoms with Crippen molar-refractivity contribution in [2.75, 3.05) is 6.54 Å². The molecule has 1 N–H and O–H groups in total. The lowest BCUT2D eigenvalue weighted by molar-refractivity contribution is 0.604. The molecule has 0 saturated heterocycles. The van der Waals surface area contributed by atoms with Crippen LogP contribution in [0, 0.1) is 0 Å². The van der Waals surface area contributed by atoms with Crippen LogP contribution in [-0.2, 0) is 19.5 Å². The van der Waals surface area contributed by atoms with Crippen LogP contribution in [0.2, 0.25) is 0 Å². The number of rotatable bonds is 7. The maximum Gasteiger partial charge on any atom is 0.0841 e. The highest BCUT2D eigenvalue weighted by Gasteiger charge is 2.09. The van der Waals surface area contributed by atoms with Crippen LogP contribution in [0.1, 0.15) is 24.6 Å². The maximum atomic E-state index is 4.82. The first-order valence-electron chi connectivity index (χ1n) is 7.54. The minimum absolute atomic E-state index is 0.847. The van der Waals surface area contributed by atoms with Crippen molar-refractivity contribution in [1.82, 2.24) is 15.1 Å². The Kier molecular flexibility index (Phi) is 4.68. The van der Waals surface area contributed by atoms with Gasteiger partial charge in [0, 0.05) is 18.5 Å². The van der Waals surface area contributed by atoms with Gasteiger partial charge in [0.1, 0.15) is 0 Å². The number of benzene rings is 1. The summed E-state index contributed by atoms with van der Waals surface area (Å²) in [5.74, 6) is 0. The van der Waals surface area contributed by atoms with Crippen LogP contribution in [0.25, 0.3) is 10.9 Å². The first-order chi connectivity index (χ1) is 10.4. The predicted molar refractivity (Wildman–Crippen MR) is 89.8 cm³/mol. The van der Waals surface area contributed by atoms with Crippen LogP contribution in [0.5, 0.6) is 0 Å². The van der Waals surface area contributed by atoms with Gasteiger partial charge in [0.25, 0.3) is 0 Å². The van der Waals surface area contributed by atoms with Gasteiger partial charge in [0.2, 0.25) is 0 Å². The molecule has 0 aliphatic heterocycles. The van der Waals surface area contributed by atoms with Gasteiger partial charge in [-0.25, -0.2) is 0 Å². The van der Waals surface area contributed by atoms with Gasteiger partial charge in [-0.1, -0.05) is 25.1 Å². The van der Waals surface area contributed by atoms with Crippen LogP contribution in [-0.4, -0.2) is 16.3 Å². The zero-order chi connectivity index (χ0) is 14.5. The van der Waals surface area contributed by atoms with Crippen LogP contribution < -0.4 is 5.32 Å². The fourth-order valence-corrected chi connectivity index (χ4v) is 3.25. The summed E-state index contributed by atoms with van der Waals surface area (Å²) in [4.78, 5) is 0. The number of nitrogens with one attached hydrogen (secondary N) is 1. The molecule has 0 radical (unpaired) electrons. The summed E-state index contributed by atoms with van der Waals surface area (Å²) in [6.07, 6.45) is 2.19. The van der Waals surface area contributed by atoms with Gasteiger partial charge < -0.3 is 5.32 Å². The molecule has 0 aliphatic carbocycles. The molecule has 1 aromatic carbocycles. The molecule has 0 saturated carbocycles. The molecule has 0 fully saturated rings. The summed E-state index contributed by atoms with van der Waals surface area (Å²) in [7, 11) is 0. The number of fused-ring (bicyclic) bond motifs is 1. The zero-order valence-electron chi connectivity index (χ0n) is 12.4. The lowest BCUT2D eigenvalue weighted by Gasteiger charge is -2.02. The van der Waals surface area contributed by atoms with E-state index in [1.165, 1.54) is 16.5 Å². The number of nitrogens with zero attached hydrogens (tertiary/aromatic N) is 2. The van der Waals surface area contributed by atoms with E-state index in [0.29, 0.717) is 0 Å². The highest BCUT2D eigenvalue weighted by Crippen LogP contribution is 2.19. The molecule has 4 heteroatoms. The van der Waals surface area contributed by atoms with E-state index in [-0.39, 0.29) is 0 Å². The zero-order valence-corrected chi connectivity index (χ0v) is 13.2. The summed E-state index contributed by atoms with van der Waals surface area (Å²) in [5.41, 5.74) is 3.79. The lowest BCUT2D eigenvalue weighted by Crippen LogP contribution is -2.14. The monoisotopic (exact) mass is 299 g/mol. The normalized spacial score (nSPS) is 11.3. The van der Waals surface area contributed by atoms with Crippen molar-refractivity contribution in [1.29, 1.82) is 0 Å². The van der Waals surface area contributed by atoms with Crippen molar-refractivity contribution in [3.8, 4) is 0 Å². The Morgan fingerprint density at radius 3 is 2.95 bits per heavy atom. The van der Waals surface area contributed by atoms with Crippen LogP contribution in [0.3, 0.4) is 0 Å². The van der Waals surface area contributed by atoms with E-state index in [9.17, 15) is 0 Å². The van der Waals surface area contributed by atoms with Gasteiger partial charge in [-0.15, -0.1) is 0 Å². The van der Waals surface area contributed by atoms with E-state index in [0.717, 1.165) is 38.2 Å². The van der Waals surface area contributed by atoms with Crippen molar-refractivity contribution in [2.24, 2.45) is 0 Å². The number of hydrogen-bond acceptors (Lipinski definition) is 3. The number of para-hydroxylation sites is 1. The van der Waals surface area contributed by atoms with Crippen LogP contribution in [0.15, 0.2) is 41.1 Å². The first kappa shape index (κ1) is 14.3. The van der Waals surface area contributed by atoms with E-state index in [1.807, 2.05) is 0 Å². The van der Waals surface area contributed by atoms with Gasteiger partial charge in [-0.3, -0.25) is 4.68 Å². The fraction of sp³-hybridized carbons (Fsp3) is 0.353. The van der Waals surface area contributed by atoms with Crippen LogP contribution >= 0.6 is 11.3 Å². The standard InChI is InChI=1S/C17H21N3S/c1-2-9-18-12-16-15-5-3-4-6-17(15)20(19-16)10-7-14-8-11-21-13-14/h3-6,8,11,13,18H,2,7,9-10,12H2,1H3. The number of hydrogen-bond donors (Lipinski definition) is 1. The van der Waals surface area contributed by atoms with Crippen molar-refractivity contribution < 1.29 is 0 Å². The molecule has 21 heavy (non-hydrogen) atoms. The highest BCUT2D eigenvalue weighted by atomic mass is 32.1. The second kappa shape index (κ2) is 6.87. The molecule has 0 unspecified atom stereocenters. The quantitative estimate of drug-likeness (QED) is 0.672. The fourth-order valence-electron chi connectivity index (χ4n) is 2.55. The summed E-state index contributed by atoms with van der Waals surface area (Å²) >= 11 is 1.76. The van der Waals surface area contributed by atoms with Crippen molar-refractivity contribution in [2.45, 2.75) is 32.9 Å². The molecule has 0 spiro atoms.